The van der Waals surface area contributed by atoms with E-state index in [-0.39, 0.29) is 0 Å². The summed E-state index contributed by atoms with van der Waals surface area (Å²) >= 11 is 0. The summed E-state index contributed by atoms with van der Waals surface area (Å²) in [5.74, 6) is 2.74. The highest BCUT2D eigenvalue weighted by Gasteiger charge is 2.14. The highest BCUT2D eigenvalue weighted by atomic mass is 15.3. The molecule has 1 heterocycles. The molecule has 0 aromatic carbocycles. The van der Waals surface area contributed by atoms with Gasteiger partial charge in [0, 0.05) is 32.7 Å². The van der Waals surface area contributed by atoms with Gasteiger partial charge in [-0.05, 0) is 53.4 Å². The molecule has 1 aliphatic rings. The van der Waals surface area contributed by atoms with E-state index < -0.39 is 0 Å². The molecule has 0 atom stereocenters. The smallest absolute Gasteiger partial charge is 0.0599 e. The fourth-order valence-electron chi connectivity index (χ4n) is 2.88. The first kappa shape index (κ1) is 20.7. The van der Waals surface area contributed by atoms with Gasteiger partial charge in [0.1, 0.15) is 0 Å². The minimum absolute atomic E-state index is 0.794. The molecule has 1 aliphatic heterocycles. The minimum Gasteiger partial charge on any atom is -0.297 e. The Morgan fingerprint density at radius 1 is 0.833 bits per heavy atom. The lowest BCUT2D eigenvalue weighted by Crippen LogP contribution is -2.46. The van der Waals surface area contributed by atoms with Gasteiger partial charge in [-0.2, -0.15) is 0 Å². The maximum Gasteiger partial charge on any atom is 0.0599 e. The monoisotopic (exact) mass is 328 g/mol. The zero-order valence-electron chi connectivity index (χ0n) is 16.3. The van der Waals surface area contributed by atoms with Crippen LogP contribution in [0.3, 0.4) is 0 Å². The molecular formula is C22H36N2. The second-order valence-electron chi connectivity index (χ2n) is 7.24. The molecule has 1 rings (SSSR count). The van der Waals surface area contributed by atoms with Crippen molar-refractivity contribution in [3.8, 4) is 12.3 Å². The molecule has 24 heavy (non-hydrogen) atoms. The van der Waals surface area contributed by atoms with Crippen molar-refractivity contribution in [3.05, 3.63) is 34.9 Å². The van der Waals surface area contributed by atoms with Crippen LogP contribution < -0.4 is 0 Å². The maximum absolute atomic E-state index is 5.38. The van der Waals surface area contributed by atoms with Crippen molar-refractivity contribution in [1.82, 2.24) is 9.80 Å². The fraction of sp³-hybridized carbons (Fsp3) is 0.636. The summed E-state index contributed by atoms with van der Waals surface area (Å²) in [7, 11) is 0. The number of allylic oxidation sites excluding steroid dienone is 5. The molecule has 134 valence electrons. The largest absolute Gasteiger partial charge is 0.297 e. The van der Waals surface area contributed by atoms with Gasteiger partial charge < -0.3 is 0 Å². The summed E-state index contributed by atoms with van der Waals surface area (Å²) < 4.78 is 0. The molecule has 0 aromatic heterocycles. The third kappa shape index (κ3) is 9.75. The first-order valence-electron chi connectivity index (χ1n) is 9.34. The zero-order valence-corrected chi connectivity index (χ0v) is 16.3. The van der Waals surface area contributed by atoms with Crippen molar-refractivity contribution in [2.45, 2.75) is 53.4 Å². The number of piperazine rings is 1. The Bertz CT molecular complexity index is 479. The molecule has 0 aliphatic carbocycles. The van der Waals surface area contributed by atoms with E-state index in [0.717, 1.165) is 39.3 Å². The molecule has 0 spiro atoms. The highest BCUT2D eigenvalue weighted by molar-refractivity contribution is 5.06. The molecule has 1 fully saturated rings. The quantitative estimate of drug-likeness (QED) is 0.449. The average molecular weight is 329 g/mol. The Labute approximate surface area is 150 Å². The van der Waals surface area contributed by atoms with Crippen LogP contribution in [0.2, 0.25) is 0 Å². The number of nitrogens with zero attached hydrogens (tertiary/aromatic N) is 2. The standard InChI is InChI=1S/C22H36N2/c1-6-14-23-16-18-24(19-17-23)15-13-22(5)12-8-11-21(4)10-7-9-20(2)3/h1,9,11,13H,7-8,10,12,14-19H2,2-5H3. The van der Waals surface area contributed by atoms with E-state index in [0.29, 0.717) is 0 Å². The van der Waals surface area contributed by atoms with Gasteiger partial charge in [-0.25, -0.2) is 0 Å². The number of terminal acetylenes is 1. The SMILES string of the molecule is C#CCN1CCN(CC=C(C)CCC=C(C)CCC=C(C)C)CC1. The van der Waals surface area contributed by atoms with E-state index in [2.05, 4.69) is 61.6 Å². The second kappa shape index (κ2) is 12.1. The van der Waals surface area contributed by atoms with Gasteiger partial charge in [0.2, 0.25) is 0 Å². The van der Waals surface area contributed by atoms with E-state index in [4.69, 9.17) is 6.42 Å². The number of rotatable bonds is 9. The second-order valence-corrected chi connectivity index (χ2v) is 7.24. The Kier molecular flexibility index (Phi) is 10.5. The molecule has 2 nitrogen and oxygen atoms in total. The van der Waals surface area contributed by atoms with Crippen LogP contribution in [0.1, 0.15) is 53.4 Å². The molecule has 0 N–H and O–H groups in total. The van der Waals surface area contributed by atoms with Crippen LogP contribution in [-0.2, 0) is 0 Å². The van der Waals surface area contributed by atoms with Crippen molar-refractivity contribution in [2.24, 2.45) is 0 Å². The highest BCUT2D eigenvalue weighted by Crippen LogP contribution is 2.12. The lowest BCUT2D eigenvalue weighted by Gasteiger charge is -2.33. The van der Waals surface area contributed by atoms with Gasteiger partial charge in [-0.3, -0.25) is 9.80 Å². The number of hydrogen-bond donors (Lipinski definition) is 0. The summed E-state index contributed by atoms with van der Waals surface area (Å²) in [6.45, 7) is 15.2. The van der Waals surface area contributed by atoms with Crippen molar-refractivity contribution >= 4 is 0 Å². The fourth-order valence-corrected chi connectivity index (χ4v) is 2.88. The Hall–Kier alpha value is -1.30. The van der Waals surface area contributed by atoms with Crippen molar-refractivity contribution in [2.75, 3.05) is 39.3 Å². The Morgan fingerprint density at radius 2 is 1.38 bits per heavy atom. The molecule has 0 bridgehead atoms. The first-order valence-corrected chi connectivity index (χ1v) is 9.34. The number of hydrogen-bond acceptors (Lipinski definition) is 2. The first-order chi connectivity index (χ1) is 11.5. The van der Waals surface area contributed by atoms with Crippen molar-refractivity contribution in [1.29, 1.82) is 0 Å². The van der Waals surface area contributed by atoms with Gasteiger partial charge >= 0.3 is 0 Å². The van der Waals surface area contributed by atoms with Crippen LogP contribution in [-0.4, -0.2) is 49.1 Å². The van der Waals surface area contributed by atoms with Crippen LogP contribution in [0.5, 0.6) is 0 Å². The summed E-state index contributed by atoms with van der Waals surface area (Å²) in [5, 5.41) is 0. The summed E-state index contributed by atoms with van der Waals surface area (Å²) in [4.78, 5) is 4.88. The Morgan fingerprint density at radius 3 is 1.96 bits per heavy atom. The third-order valence-electron chi connectivity index (χ3n) is 4.60. The van der Waals surface area contributed by atoms with E-state index >= 15 is 0 Å². The molecule has 0 saturated carbocycles. The van der Waals surface area contributed by atoms with Gasteiger partial charge in [0.05, 0.1) is 6.54 Å². The normalized spacial score (nSPS) is 17.6. The molecule has 1 saturated heterocycles. The van der Waals surface area contributed by atoms with Crippen LogP contribution >= 0.6 is 0 Å². The summed E-state index contributed by atoms with van der Waals surface area (Å²) in [5.41, 5.74) is 4.45. The van der Waals surface area contributed by atoms with Crippen molar-refractivity contribution < 1.29 is 0 Å². The van der Waals surface area contributed by atoms with Crippen LogP contribution in [0, 0.1) is 12.3 Å². The minimum atomic E-state index is 0.794. The van der Waals surface area contributed by atoms with E-state index in [1.807, 2.05) is 0 Å². The predicted octanol–water partition coefficient (Wildman–Crippen LogP) is 4.66. The molecule has 0 aromatic rings. The van der Waals surface area contributed by atoms with E-state index in [9.17, 15) is 0 Å². The van der Waals surface area contributed by atoms with Gasteiger partial charge in [-0.15, -0.1) is 6.42 Å². The maximum atomic E-state index is 5.38. The molecule has 0 radical (unpaired) electrons. The zero-order chi connectivity index (χ0) is 17.8. The Balaban J connectivity index is 2.21. The summed E-state index contributed by atoms with van der Waals surface area (Å²) in [6, 6.07) is 0. The lowest BCUT2D eigenvalue weighted by atomic mass is 10.1. The molecule has 2 heteroatoms. The third-order valence-corrected chi connectivity index (χ3v) is 4.60. The van der Waals surface area contributed by atoms with Gasteiger partial charge in [0.15, 0.2) is 0 Å². The lowest BCUT2D eigenvalue weighted by molar-refractivity contribution is 0.155. The van der Waals surface area contributed by atoms with E-state index in [1.54, 1.807) is 0 Å². The topological polar surface area (TPSA) is 6.48 Å². The van der Waals surface area contributed by atoms with Gasteiger partial charge in [0.25, 0.3) is 0 Å². The molecule has 0 amide bonds. The van der Waals surface area contributed by atoms with Crippen LogP contribution in [0.15, 0.2) is 34.9 Å². The molecule has 0 unspecified atom stereocenters. The average Bonchev–Trinajstić information content (AvgIpc) is 2.54. The summed E-state index contributed by atoms with van der Waals surface area (Å²) in [6.07, 6.45) is 17.2. The van der Waals surface area contributed by atoms with Crippen LogP contribution in [0.25, 0.3) is 0 Å². The van der Waals surface area contributed by atoms with Crippen LogP contribution in [0.4, 0.5) is 0 Å². The van der Waals surface area contributed by atoms with E-state index in [1.165, 1.54) is 42.4 Å². The predicted molar refractivity (Wildman–Crippen MR) is 107 cm³/mol. The van der Waals surface area contributed by atoms with Crippen molar-refractivity contribution in [3.63, 3.8) is 0 Å². The molecular weight excluding hydrogens is 292 g/mol. The van der Waals surface area contributed by atoms with Gasteiger partial charge in [-0.1, -0.05) is 40.9 Å².